The summed E-state index contributed by atoms with van der Waals surface area (Å²) in [5.41, 5.74) is 4.77. The van der Waals surface area contributed by atoms with E-state index in [4.69, 9.17) is 0 Å². The van der Waals surface area contributed by atoms with Crippen LogP contribution in [0.25, 0.3) is 11.0 Å². The standard InChI is InChI=1S/C19H18N4OS/c1-12(2)19(24)23-18(10-16(22-23)14-5-8-25-11-14)13-3-4-15-17(9-13)21-7-6-20-15/h3-9,11-12,18H,10H2,1-2H3/t18-/m1/s1. The quantitative estimate of drug-likeness (QED) is 0.717. The number of hydrogen-bond donors (Lipinski definition) is 0. The second-order valence-electron chi connectivity index (χ2n) is 6.42. The number of benzene rings is 1. The van der Waals surface area contributed by atoms with Gasteiger partial charge in [0.1, 0.15) is 0 Å². The van der Waals surface area contributed by atoms with E-state index in [1.165, 1.54) is 0 Å². The summed E-state index contributed by atoms with van der Waals surface area (Å²) in [4.78, 5) is 21.4. The van der Waals surface area contributed by atoms with Gasteiger partial charge < -0.3 is 0 Å². The third kappa shape index (κ3) is 2.93. The Bertz CT molecular complexity index is 949. The van der Waals surface area contributed by atoms with Crippen molar-refractivity contribution in [3.63, 3.8) is 0 Å². The first kappa shape index (κ1) is 15.9. The molecule has 3 aromatic rings. The number of nitrogens with zero attached hydrogens (tertiary/aromatic N) is 4. The zero-order valence-corrected chi connectivity index (χ0v) is 14.9. The summed E-state index contributed by atoms with van der Waals surface area (Å²) in [6.45, 7) is 3.81. The highest BCUT2D eigenvalue weighted by Crippen LogP contribution is 2.35. The minimum Gasteiger partial charge on any atom is -0.273 e. The van der Waals surface area contributed by atoms with Gasteiger partial charge in [-0.15, -0.1) is 0 Å². The largest absolute Gasteiger partial charge is 0.273 e. The molecule has 0 unspecified atom stereocenters. The Balaban J connectivity index is 1.74. The van der Waals surface area contributed by atoms with Crippen molar-refractivity contribution < 1.29 is 4.79 Å². The first-order valence-corrected chi connectivity index (χ1v) is 9.21. The van der Waals surface area contributed by atoms with Gasteiger partial charge in [0, 0.05) is 30.3 Å². The number of carbonyl (C=O) groups excluding carboxylic acids is 1. The molecule has 0 aliphatic carbocycles. The highest BCUT2D eigenvalue weighted by molar-refractivity contribution is 7.08. The second-order valence-corrected chi connectivity index (χ2v) is 7.20. The fourth-order valence-corrected chi connectivity index (χ4v) is 3.69. The van der Waals surface area contributed by atoms with Crippen LogP contribution in [-0.4, -0.2) is 26.6 Å². The summed E-state index contributed by atoms with van der Waals surface area (Å²) in [5.74, 6) is -0.0669. The zero-order valence-electron chi connectivity index (χ0n) is 14.1. The normalized spacial score (nSPS) is 17.3. The van der Waals surface area contributed by atoms with Crippen molar-refractivity contribution >= 4 is 34.0 Å². The summed E-state index contributed by atoms with van der Waals surface area (Å²) >= 11 is 1.64. The van der Waals surface area contributed by atoms with Gasteiger partial charge in [-0.05, 0) is 34.5 Å². The van der Waals surface area contributed by atoms with Crippen LogP contribution in [0.15, 0.2) is 52.5 Å². The molecule has 1 atom stereocenters. The fraction of sp³-hybridized carbons (Fsp3) is 0.263. The number of aromatic nitrogens is 2. The molecule has 25 heavy (non-hydrogen) atoms. The number of fused-ring (bicyclic) bond motifs is 1. The van der Waals surface area contributed by atoms with Crippen LogP contribution in [0, 0.1) is 5.92 Å². The van der Waals surface area contributed by atoms with Crippen LogP contribution in [-0.2, 0) is 4.79 Å². The van der Waals surface area contributed by atoms with Gasteiger partial charge in [-0.1, -0.05) is 19.9 Å². The summed E-state index contributed by atoms with van der Waals surface area (Å²) < 4.78 is 0. The molecule has 5 nitrogen and oxygen atoms in total. The van der Waals surface area contributed by atoms with E-state index in [1.54, 1.807) is 28.7 Å². The number of rotatable bonds is 3. The van der Waals surface area contributed by atoms with Crippen molar-refractivity contribution in [1.82, 2.24) is 15.0 Å². The molecule has 2 aromatic heterocycles. The lowest BCUT2D eigenvalue weighted by Gasteiger charge is -2.23. The molecule has 0 saturated heterocycles. The number of carbonyl (C=O) groups is 1. The van der Waals surface area contributed by atoms with Crippen LogP contribution < -0.4 is 0 Å². The molecule has 4 rings (SSSR count). The highest BCUT2D eigenvalue weighted by atomic mass is 32.1. The van der Waals surface area contributed by atoms with E-state index in [-0.39, 0.29) is 17.9 Å². The molecule has 6 heteroatoms. The number of thiophene rings is 1. The maximum atomic E-state index is 12.7. The Morgan fingerprint density at radius 1 is 1.20 bits per heavy atom. The molecular weight excluding hydrogens is 332 g/mol. The van der Waals surface area contributed by atoms with E-state index in [0.29, 0.717) is 6.42 Å². The monoisotopic (exact) mass is 350 g/mol. The third-order valence-electron chi connectivity index (χ3n) is 4.36. The average molecular weight is 350 g/mol. The lowest BCUT2D eigenvalue weighted by Crippen LogP contribution is -2.30. The van der Waals surface area contributed by atoms with Crippen molar-refractivity contribution in [2.75, 3.05) is 0 Å². The Labute approximate surface area is 150 Å². The summed E-state index contributed by atoms with van der Waals surface area (Å²) in [5, 5.41) is 10.4. The van der Waals surface area contributed by atoms with Crippen molar-refractivity contribution in [1.29, 1.82) is 0 Å². The topological polar surface area (TPSA) is 58.5 Å². The molecule has 0 fully saturated rings. The molecule has 1 aliphatic heterocycles. The molecular formula is C19H18N4OS. The Kier molecular flexibility index (Phi) is 4.05. The van der Waals surface area contributed by atoms with Gasteiger partial charge in [0.25, 0.3) is 0 Å². The Morgan fingerprint density at radius 2 is 2.00 bits per heavy atom. The summed E-state index contributed by atoms with van der Waals surface area (Å²) in [7, 11) is 0. The van der Waals surface area contributed by atoms with E-state index in [2.05, 4.69) is 26.5 Å². The van der Waals surface area contributed by atoms with Crippen molar-refractivity contribution in [3.8, 4) is 0 Å². The number of hydrazone groups is 1. The maximum Gasteiger partial charge on any atom is 0.245 e. The van der Waals surface area contributed by atoms with E-state index >= 15 is 0 Å². The van der Waals surface area contributed by atoms with Gasteiger partial charge in [-0.25, -0.2) is 5.01 Å². The van der Waals surface area contributed by atoms with Crippen molar-refractivity contribution in [2.24, 2.45) is 11.0 Å². The Hall–Kier alpha value is -2.60. The fourth-order valence-electron chi connectivity index (χ4n) is 3.03. The van der Waals surface area contributed by atoms with E-state index in [0.717, 1.165) is 27.9 Å². The molecule has 1 aliphatic rings. The molecule has 1 amide bonds. The van der Waals surface area contributed by atoms with Gasteiger partial charge in [-0.2, -0.15) is 16.4 Å². The summed E-state index contributed by atoms with van der Waals surface area (Å²) in [6.07, 6.45) is 4.08. The van der Waals surface area contributed by atoms with E-state index in [1.807, 2.05) is 37.4 Å². The lowest BCUT2D eigenvalue weighted by atomic mass is 9.98. The maximum absolute atomic E-state index is 12.7. The van der Waals surface area contributed by atoms with Crippen LogP contribution in [0.4, 0.5) is 0 Å². The first-order chi connectivity index (χ1) is 12.1. The highest BCUT2D eigenvalue weighted by Gasteiger charge is 2.34. The molecule has 0 N–H and O–H groups in total. The molecule has 0 saturated carbocycles. The summed E-state index contributed by atoms with van der Waals surface area (Å²) in [6, 6.07) is 7.94. The number of amides is 1. The van der Waals surface area contributed by atoms with Gasteiger partial charge in [0.15, 0.2) is 0 Å². The van der Waals surface area contributed by atoms with Crippen molar-refractivity contribution in [3.05, 3.63) is 58.5 Å². The van der Waals surface area contributed by atoms with E-state index < -0.39 is 0 Å². The number of hydrogen-bond acceptors (Lipinski definition) is 5. The predicted molar refractivity (Wildman–Crippen MR) is 99.4 cm³/mol. The van der Waals surface area contributed by atoms with E-state index in [9.17, 15) is 4.79 Å². The van der Waals surface area contributed by atoms with Gasteiger partial charge in [0.2, 0.25) is 5.91 Å². The predicted octanol–water partition coefficient (Wildman–Crippen LogP) is 4.03. The molecule has 0 radical (unpaired) electrons. The Morgan fingerprint density at radius 3 is 2.72 bits per heavy atom. The van der Waals surface area contributed by atoms with Crippen LogP contribution in [0.2, 0.25) is 0 Å². The molecule has 3 heterocycles. The van der Waals surface area contributed by atoms with Gasteiger partial charge in [-0.3, -0.25) is 14.8 Å². The van der Waals surface area contributed by atoms with Crippen molar-refractivity contribution in [2.45, 2.75) is 26.3 Å². The minimum absolute atomic E-state index is 0.0365. The molecule has 0 spiro atoms. The second kappa shape index (κ2) is 6.37. The van der Waals surface area contributed by atoms with Crippen LogP contribution >= 0.6 is 11.3 Å². The average Bonchev–Trinajstić information content (AvgIpc) is 3.30. The first-order valence-electron chi connectivity index (χ1n) is 8.27. The van der Waals surface area contributed by atoms with Crippen LogP contribution in [0.5, 0.6) is 0 Å². The molecule has 1 aromatic carbocycles. The zero-order chi connectivity index (χ0) is 17.4. The smallest absolute Gasteiger partial charge is 0.245 e. The van der Waals surface area contributed by atoms with Crippen LogP contribution in [0.1, 0.15) is 37.4 Å². The van der Waals surface area contributed by atoms with Gasteiger partial charge >= 0.3 is 0 Å². The van der Waals surface area contributed by atoms with Gasteiger partial charge in [0.05, 0.1) is 22.8 Å². The van der Waals surface area contributed by atoms with Crippen LogP contribution in [0.3, 0.4) is 0 Å². The minimum atomic E-state index is -0.103. The molecule has 0 bridgehead atoms. The lowest BCUT2D eigenvalue weighted by molar-refractivity contribution is -0.136. The third-order valence-corrected chi connectivity index (χ3v) is 5.05. The molecule has 126 valence electrons. The SMILES string of the molecule is CC(C)C(=O)N1N=C(c2ccsc2)C[C@@H]1c1ccc2nccnc2c1.